The van der Waals surface area contributed by atoms with Gasteiger partial charge in [-0.2, -0.15) is 10.1 Å². The summed E-state index contributed by atoms with van der Waals surface area (Å²) in [6, 6.07) is 10.9. The summed E-state index contributed by atoms with van der Waals surface area (Å²) in [5, 5.41) is 11.0. The Balaban J connectivity index is 1.47. The zero-order valence-corrected chi connectivity index (χ0v) is 18.6. The fraction of sp³-hybridized carbons (Fsp3) is 0.0952. The first kappa shape index (κ1) is 21.3. The predicted octanol–water partition coefficient (Wildman–Crippen LogP) is 4.45. The molecule has 0 amide bonds. The van der Waals surface area contributed by atoms with Gasteiger partial charge in [0.15, 0.2) is 22.4 Å². The number of H-pyrrole nitrogens is 1. The molecule has 0 fully saturated rings. The number of hydrogen-bond acceptors (Lipinski definition) is 8. The summed E-state index contributed by atoms with van der Waals surface area (Å²) >= 11 is 2.77. The van der Waals surface area contributed by atoms with Crippen LogP contribution in [-0.4, -0.2) is 36.1 Å². The van der Waals surface area contributed by atoms with Crippen LogP contribution in [0.5, 0.6) is 0 Å². The summed E-state index contributed by atoms with van der Waals surface area (Å²) in [4.78, 5) is 23.0. The molecule has 3 heterocycles. The van der Waals surface area contributed by atoms with Crippen molar-refractivity contribution in [2.24, 2.45) is 0 Å². The fourth-order valence-electron chi connectivity index (χ4n) is 3.12. The van der Waals surface area contributed by atoms with Crippen LogP contribution in [0.15, 0.2) is 68.0 Å². The van der Waals surface area contributed by atoms with Crippen molar-refractivity contribution in [2.75, 3.05) is 6.26 Å². The minimum atomic E-state index is -1.07. The van der Waals surface area contributed by atoms with Crippen LogP contribution in [-0.2, 0) is 5.75 Å². The molecule has 5 rings (SSSR count). The summed E-state index contributed by atoms with van der Waals surface area (Å²) in [5.41, 5.74) is 0.754. The van der Waals surface area contributed by atoms with E-state index in [9.17, 15) is 13.6 Å². The van der Waals surface area contributed by atoms with Gasteiger partial charge < -0.3 is 4.52 Å². The van der Waals surface area contributed by atoms with Crippen LogP contribution in [0.2, 0.25) is 0 Å². The third kappa shape index (κ3) is 4.14. The molecule has 5 aromatic rings. The van der Waals surface area contributed by atoms with Gasteiger partial charge in [0.2, 0.25) is 11.7 Å². The second kappa shape index (κ2) is 8.79. The summed E-state index contributed by atoms with van der Waals surface area (Å²) < 4.78 is 33.9. The van der Waals surface area contributed by atoms with E-state index in [0.717, 1.165) is 34.4 Å². The SMILES string of the molecule is CSc1ccc(-c2noc(CSc3nc4[nH]ncc4c(=O)n3-c3ccc(F)c(F)c3)n2)cc1. The minimum absolute atomic E-state index is 0.136. The number of hydrogen-bond donors (Lipinski definition) is 1. The molecule has 12 heteroatoms. The molecular weight excluding hydrogens is 470 g/mol. The van der Waals surface area contributed by atoms with E-state index >= 15 is 0 Å². The third-order valence-electron chi connectivity index (χ3n) is 4.75. The highest BCUT2D eigenvalue weighted by molar-refractivity contribution is 7.98. The number of thioether (sulfide) groups is 2. The standard InChI is InChI=1S/C21H14F2N6O2S2/c1-32-13-5-2-11(3-6-13)18-25-17(31-28-18)10-33-21-26-19-14(9-24-27-19)20(30)29(21)12-4-7-15(22)16(23)8-12/h2-9H,10H2,1H3,(H,24,27). The first-order valence-corrected chi connectivity index (χ1v) is 11.8. The molecule has 0 saturated carbocycles. The van der Waals surface area contributed by atoms with Crippen molar-refractivity contribution in [1.29, 1.82) is 0 Å². The molecular formula is C21H14F2N6O2S2. The lowest BCUT2D eigenvalue weighted by molar-refractivity contribution is 0.391. The number of nitrogens with one attached hydrogen (secondary N) is 1. The topological polar surface area (TPSA) is 102 Å². The van der Waals surface area contributed by atoms with E-state index in [2.05, 4.69) is 25.3 Å². The van der Waals surface area contributed by atoms with Gasteiger partial charge in [-0.15, -0.1) is 11.8 Å². The van der Waals surface area contributed by atoms with E-state index in [1.165, 1.54) is 16.8 Å². The Kier molecular flexibility index (Phi) is 5.68. The fourth-order valence-corrected chi connectivity index (χ4v) is 4.37. The summed E-state index contributed by atoms with van der Waals surface area (Å²) in [5.74, 6) is -1.13. The van der Waals surface area contributed by atoms with Gasteiger partial charge in [0.05, 0.1) is 17.6 Å². The Labute approximate surface area is 193 Å². The molecule has 0 atom stereocenters. The number of aromatic amines is 1. The van der Waals surface area contributed by atoms with Crippen molar-refractivity contribution in [1.82, 2.24) is 29.9 Å². The molecule has 0 spiro atoms. The molecule has 0 aliphatic carbocycles. The third-order valence-corrected chi connectivity index (χ3v) is 6.42. The van der Waals surface area contributed by atoms with Crippen LogP contribution in [0.4, 0.5) is 8.78 Å². The summed E-state index contributed by atoms with van der Waals surface area (Å²) in [7, 11) is 0. The maximum atomic E-state index is 13.9. The normalized spacial score (nSPS) is 11.4. The molecule has 0 aliphatic heterocycles. The highest BCUT2D eigenvalue weighted by Gasteiger charge is 2.18. The molecule has 0 bridgehead atoms. The molecule has 33 heavy (non-hydrogen) atoms. The maximum absolute atomic E-state index is 13.9. The Morgan fingerprint density at radius 2 is 1.91 bits per heavy atom. The van der Waals surface area contributed by atoms with E-state index in [1.807, 2.05) is 30.5 Å². The van der Waals surface area contributed by atoms with Crippen molar-refractivity contribution in [3.05, 3.63) is 76.5 Å². The quantitative estimate of drug-likeness (QED) is 0.279. The van der Waals surface area contributed by atoms with Crippen LogP contribution in [0, 0.1) is 11.6 Å². The Bertz CT molecular complexity index is 1510. The van der Waals surface area contributed by atoms with E-state index in [0.29, 0.717) is 11.7 Å². The number of benzene rings is 2. The number of aromatic nitrogens is 6. The zero-order chi connectivity index (χ0) is 22.9. The smallest absolute Gasteiger partial charge is 0.269 e. The zero-order valence-electron chi connectivity index (χ0n) is 17.0. The average molecular weight is 485 g/mol. The predicted molar refractivity (Wildman–Crippen MR) is 120 cm³/mol. The largest absolute Gasteiger partial charge is 0.338 e. The molecule has 166 valence electrons. The van der Waals surface area contributed by atoms with Crippen LogP contribution in [0.3, 0.4) is 0 Å². The van der Waals surface area contributed by atoms with Crippen molar-refractivity contribution in [3.8, 4) is 17.1 Å². The number of rotatable bonds is 6. The van der Waals surface area contributed by atoms with E-state index in [4.69, 9.17) is 4.52 Å². The Hall–Kier alpha value is -3.51. The van der Waals surface area contributed by atoms with Crippen molar-refractivity contribution in [2.45, 2.75) is 15.8 Å². The van der Waals surface area contributed by atoms with Crippen LogP contribution in [0.1, 0.15) is 5.89 Å². The van der Waals surface area contributed by atoms with Gasteiger partial charge in [0.25, 0.3) is 5.56 Å². The monoisotopic (exact) mass is 484 g/mol. The van der Waals surface area contributed by atoms with Gasteiger partial charge in [-0.1, -0.05) is 16.9 Å². The van der Waals surface area contributed by atoms with Crippen LogP contribution >= 0.6 is 23.5 Å². The minimum Gasteiger partial charge on any atom is -0.338 e. The number of halogens is 2. The molecule has 8 nitrogen and oxygen atoms in total. The highest BCUT2D eigenvalue weighted by atomic mass is 32.2. The van der Waals surface area contributed by atoms with E-state index in [-0.39, 0.29) is 27.6 Å². The van der Waals surface area contributed by atoms with Gasteiger partial charge in [0.1, 0.15) is 5.39 Å². The molecule has 3 aromatic heterocycles. The molecule has 1 N–H and O–H groups in total. The van der Waals surface area contributed by atoms with Crippen LogP contribution in [0.25, 0.3) is 28.1 Å². The highest BCUT2D eigenvalue weighted by Crippen LogP contribution is 2.26. The second-order valence-electron chi connectivity index (χ2n) is 6.79. The Morgan fingerprint density at radius 3 is 2.67 bits per heavy atom. The van der Waals surface area contributed by atoms with Gasteiger partial charge >= 0.3 is 0 Å². The molecule has 0 aliphatic rings. The van der Waals surface area contributed by atoms with Gasteiger partial charge in [-0.05, 0) is 42.7 Å². The van der Waals surface area contributed by atoms with Gasteiger partial charge in [-0.25, -0.2) is 13.8 Å². The molecule has 0 radical (unpaired) electrons. The summed E-state index contributed by atoms with van der Waals surface area (Å²) in [6.07, 6.45) is 3.33. The summed E-state index contributed by atoms with van der Waals surface area (Å²) in [6.45, 7) is 0. The van der Waals surface area contributed by atoms with Crippen LogP contribution < -0.4 is 5.56 Å². The second-order valence-corrected chi connectivity index (χ2v) is 8.62. The lowest BCUT2D eigenvalue weighted by Crippen LogP contribution is -2.21. The van der Waals surface area contributed by atoms with Crippen molar-refractivity contribution in [3.63, 3.8) is 0 Å². The number of fused-ring (bicyclic) bond motifs is 1. The molecule has 2 aromatic carbocycles. The van der Waals surface area contributed by atoms with E-state index in [1.54, 1.807) is 11.8 Å². The van der Waals surface area contributed by atoms with E-state index < -0.39 is 17.2 Å². The van der Waals surface area contributed by atoms with Gasteiger partial charge in [-0.3, -0.25) is 14.5 Å². The Morgan fingerprint density at radius 1 is 1.09 bits per heavy atom. The molecule has 0 saturated heterocycles. The maximum Gasteiger partial charge on any atom is 0.269 e. The first-order chi connectivity index (χ1) is 16.0. The van der Waals surface area contributed by atoms with Gasteiger partial charge in [0, 0.05) is 16.5 Å². The number of nitrogens with zero attached hydrogens (tertiary/aromatic N) is 5. The average Bonchev–Trinajstić information content (AvgIpc) is 3.50. The lowest BCUT2D eigenvalue weighted by Gasteiger charge is -2.11. The molecule has 0 unspecified atom stereocenters. The van der Waals surface area contributed by atoms with Crippen molar-refractivity contribution < 1.29 is 13.3 Å². The van der Waals surface area contributed by atoms with Crippen molar-refractivity contribution >= 4 is 34.6 Å². The lowest BCUT2D eigenvalue weighted by atomic mass is 10.2. The first-order valence-electron chi connectivity index (χ1n) is 9.55.